The first kappa shape index (κ1) is 23.9. The molecule has 0 amide bonds. The topological polar surface area (TPSA) is 78.4 Å². The van der Waals surface area contributed by atoms with E-state index in [0.29, 0.717) is 25.6 Å². The van der Waals surface area contributed by atoms with E-state index >= 15 is 0 Å². The first-order chi connectivity index (χ1) is 12.5. The van der Waals surface area contributed by atoms with Gasteiger partial charge in [0.25, 0.3) is 0 Å². The molecule has 8 heteroatoms. The summed E-state index contributed by atoms with van der Waals surface area (Å²) >= 11 is 0. The molecule has 1 aromatic carbocycles. The number of guanidine groups is 1. The lowest BCUT2D eigenvalue weighted by Gasteiger charge is -2.34. The molecular formula is C19H33IN4O3. The molecule has 3 N–H and O–H groups in total. The Labute approximate surface area is 179 Å². The van der Waals surface area contributed by atoms with E-state index in [1.54, 1.807) is 7.11 Å². The molecule has 1 aliphatic heterocycles. The molecule has 1 saturated heterocycles. The molecule has 0 aliphatic carbocycles. The SMILES string of the molecule is CCNC(=NCc1cccc(OC)c1)NCC(C)(O)CN1CCOCC1.I. The van der Waals surface area contributed by atoms with Crippen LogP contribution in [0.25, 0.3) is 0 Å². The maximum absolute atomic E-state index is 10.7. The predicted molar refractivity (Wildman–Crippen MR) is 119 cm³/mol. The molecule has 154 valence electrons. The molecule has 1 heterocycles. The minimum Gasteiger partial charge on any atom is -0.497 e. The number of ether oxygens (including phenoxy) is 2. The molecule has 0 spiro atoms. The Balaban J connectivity index is 0.00000364. The highest BCUT2D eigenvalue weighted by molar-refractivity contribution is 14.0. The van der Waals surface area contributed by atoms with Crippen LogP contribution in [0.2, 0.25) is 0 Å². The Kier molecular flexibility index (Phi) is 11.0. The van der Waals surface area contributed by atoms with Gasteiger partial charge in [0.1, 0.15) is 5.75 Å². The molecule has 1 atom stereocenters. The third-order valence-corrected chi connectivity index (χ3v) is 4.20. The summed E-state index contributed by atoms with van der Waals surface area (Å²) in [5, 5.41) is 17.2. The largest absolute Gasteiger partial charge is 0.497 e. The fourth-order valence-corrected chi connectivity index (χ4v) is 2.85. The molecule has 1 aromatic rings. The average Bonchev–Trinajstić information content (AvgIpc) is 2.64. The van der Waals surface area contributed by atoms with E-state index in [9.17, 15) is 5.11 Å². The van der Waals surface area contributed by atoms with Crippen LogP contribution in [-0.2, 0) is 11.3 Å². The maximum Gasteiger partial charge on any atom is 0.191 e. The number of nitrogens with one attached hydrogen (secondary N) is 2. The normalized spacial score (nSPS) is 17.6. The Hall–Kier alpha value is -1.10. The van der Waals surface area contributed by atoms with Crippen LogP contribution in [0.1, 0.15) is 19.4 Å². The van der Waals surface area contributed by atoms with Gasteiger partial charge in [-0.15, -0.1) is 24.0 Å². The van der Waals surface area contributed by atoms with Crippen molar-refractivity contribution < 1.29 is 14.6 Å². The van der Waals surface area contributed by atoms with E-state index in [-0.39, 0.29) is 24.0 Å². The first-order valence-electron chi connectivity index (χ1n) is 9.20. The van der Waals surface area contributed by atoms with E-state index < -0.39 is 5.60 Å². The van der Waals surface area contributed by atoms with Crippen LogP contribution in [0, 0.1) is 0 Å². The van der Waals surface area contributed by atoms with Crippen molar-refractivity contribution in [2.75, 3.05) is 53.0 Å². The second-order valence-corrected chi connectivity index (χ2v) is 6.79. The second-order valence-electron chi connectivity index (χ2n) is 6.79. The molecule has 1 unspecified atom stereocenters. The molecule has 1 fully saturated rings. The fourth-order valence-electron chi connectivity index (χ4n) is 2.85. The van der Waals surface area contributed by atoms with Gasteiger partial charge in [-0.25, -0.2) is 4.99 Å². The Morgan fingerprint density at radius 1 is 1.33 bits per heavy atom. The molecule has 1 aliphatic rings. The summed E-state index contributed by atoms with van der Waals surface area (Å²) in [5.41, 5.74) is 0.227. The van der Waals surface area contributed by atoms with Crippen molar-refractivity contribution in [1.82, 2.24) is 15.5 Å². The number of aliphatic imine (C=N–C) groups is 1. The standard InChI is InChI=1S/C19H32N4O3.HI/c1-4-20-18(21-13-16-6-5-7-17(12-16)25-3)22-14-19(2,24)15-23-8-10-26-11-9-23;/h5-7,12,24H,4,8-11,13-15H2,1-3H3,(H2,20,21,22);1H. The lowest BCUT2D eigenvalue weighted by molar-refractivity contribution is -0.0201. The zero-order chi connectivity index (χ0) is 18.8. The van der Waals surface area contributed by atoms with Crippen LogP contribution in [0.3, 0.4) is 0 Å². The van der Waals surface area contributed by atoms with Gasteiger partial charge in [0.2, 0.25) is 0 Å². The number of rotatable bonds is 8. The number of hydrogen-bond donors (Lipinski definition) is 3. The van der Waals surface area contributed by atoms with Crippen LogP contribution >= 0.6 is 24.0 Å². The number of nitrogens with zero attached hydrogens (tertiary/aromatic N) is 2. The fraction of sp³-hybridized carbons (Fsp3) is 0.632. The first-order valence-corrected chi connectivity index (χ1v) is 9.20. The van der Waals surface area contributed by atoms with Crippen LogP contribution in [0.15, 0.2) is 29.3 Å². The van der Waals surface area contributed by atoms with Crippen molar-refractivity contribution >= 4 is 29.9 Å². The summed E-state index contributed by atoms with van der Waals surface area (Å²) in [6.45, 7) is 9.39. The molecule has 27 heavy (non-hydrogen) atoms. The van der Waals surface area contributed by atoms with Crippen molar-refractivity contribution in [1.29, 1.82) is 0 Å². The highest BCUT2D eigenvalue weighted by atomic mass is 127. The summed E-state index contributed by atoms with van der Waals surface area (Å²) in [6.07, 6.45) is 0. The van der Waals surface area contributed by atoms with E-state index in [1.807, 2.05) is 38.1 Å². The maximum atomic E-state index is 10.7. The summed E-state index contributed by atoms with van der Waals surface area (Å²) in [7, 11) is 1.66. The van der Waals surface area contributed by atoms with Gasteiger partial charge in [-0.3, -0.25) is 4.90 Å². The van der Waals surface area contributed by atoms with Gasteiger partial charge in [0.05, 0.1) is 32.5 Å². The van der Waals surface area contributed by atoms with E-state index in [4.69, 9.17) is 9.47 Å². The van der Waals surface area contributed by atoms with Crippen molar-refractivity contribution in [2.24, 2.45) is 4.99 Å². The van der Waals surface area contributed by atoms with Crippen molar-refractivity contribution in [2.45, 2.75) is 26.0 Å². The minimum absolute atomic E-state index is 0. The molecule has 0 saturated carbocycles. The quantitative estimate of drug-likeness (QED) is 0.290. The second kappa shape index (κ2) is 12.4. The molecule has 0 bridgehead atoms. The summed E-state index contributed by atoms with van der Waals surface area (Å²) < 4.78 is 10.6. The van der Waals surface area contributed by atoms with Crippen LogP contribution in [0.5, 0.6) is 5.75 Å². The van der Waals surface area contributed by atoms with Gasteiger partial charge in [-0.2, -0.15) is 0 Å². The number of morpholine rings is 1. The van der Waals surface area contributed by atoms with Gasteiger partial charge >= 0.3 is 0 Å². The Morgan fingerprint density at radius 2 is 2.07 bits per heavy atom. The molecule has 0 aromatic heterocycles. The highest BCUT2D eigenvalue weighted by Gasteiger charge is 2.25. The third kappa shape index (κ3) is 9.09. The lowest BCUT2D eigenvalue weighted by atomic mass is 10.1. The Morgan fingerprint density at radius 3 is 2.74 bits per heavy atom. The number of aliphatic hydroxyl groups is 1. The predicted octanol–water partition coefficient (Wildman–Crippen LogP) is 1.45. The zero-order valence-electron chi connectivity index (χ0n) is 16.5. The average molecular weight is 492 g/mol. The highest BCUT2D eigenvalue weighted by Crippen LogP contribution is 2.13. The molecular weight excluding hydrogens is 459 g/mol. The van der Waals surface area contributed by atoms with Gasteiger partial charge in [-0.1, -0.05) is 12.1 Å². The lowest BCUT2D eigenvalue weighted by Crippen LogP contribution is -2.52. The van der Waals surface area contributed by atoms with Crippen molar-refractivity contribution in [3.8, 4) is 5.75 Å². The molecule has 7 nitrogen and oxygen atoms in total. The van der Waals surface area contributed by atoms with Crippen LogP contribution in [-0.4, -0.2) is 74.6 Å². The summed E-state index contributed by atoms with van der Waals surface area (Å²) in [6, 6.07) is 7.86. The van der Waals surface area contributed by atoms with Gasteiger partial charge in [-0.05, 0) is 31.5 Å². The molecule has 2 rings (SSSR count). The van der Waals surface area contributed by atoms with E-state index in [2.05, 4.69) is 20.5 Å². The van der Waals surface area contributed by atoms with Gasteiger partial charge in [0.15, 0.2) is 5.96 Å². The Bertz CT molecular complexity index is 578. The zero-order valence-corrected chi connectivity index (χ0v) is 18.9. The number of halogens is 1. The minimum atomic E-state index is -0.844. The van der Waals surface area contributed by atoms with Gasteiger partial charge < -0.3 is 25.2 Å². The monoisotopic (exact) mass is 492 g/mol. The number of methoxy groups -OCH3 is 1. The number of hydrogen-bond acceptors (Lipinski definition) is 5. The summed E-state index contributed by atoms with van der Waals surface area (Å²) in [5.74, 6) is 1.52. The van der Waals surface area contributed by atoms with E-state index in [0.717, 1.165) is 44.2 Å². The number of benzene rings is 1. The van der Waals surface area contributed by atoms with Crippen LogP contribution in [0.4, 0.5) is 0 Å². The third-order valence-electron chi connectivity index (χ3n) is 4.20. The molecule has 0 radical (unpaired) electrons. The van der Waals surface area contributed by atoms with Crippen LogP contribution < -0.4 is 15.4 Å². The smallest absolute Gasteiger partial charge is 0.191 e. The van der Waals surface area contributed by atoms with Crippen molar-refractivity contribution in [3.05, 3.63) is 29.8 Å². The van der Waals surface area contributed by atoms with E-state index in [1.165, 1.54) is 0 Å². The van der Waals surface area contributed by atoms with Gasteiger partial charge in [0, 0.05) is 32.7 Å². The summed E-state index contributed by atoms with van der Waals surface area (Å²) in [4.78, 5) is 6.83. The number of β-amino-alcohol motifs (C(OH)–C–C–N with tert-alkyl or cyclic N) is 1. The van der Waals surface area contributed by atoms with Crippen molar-refractivity contribution in [3.63, 3.8) is 0 Å².